The van der Waals surface area contributed by atoms with Gasteiger partial charge in [0.25, 0.3) is 5.79 Å². The number of likely N-dealkylation sites (tertiary alicyclic amines) is 1. The highest BCUT2D eigenvalue weighted by atomic mass is 16.7. The van der Waals surface area contributed by atoms with Crippen LogP contribution in [-0.4, -0.2) is 112 Å². The number of fused-ring (bicyclic) bond motifs is 16. The zero-order valence-corrected chi connectivity index (χ0v) is 40.3. The van der Waals surface area contributed by atoms with E-state index in [1.807, 2.05) is 13.8 Å². The van der Waals surface area contributed by atoms with Crippen LogP contribution in [0.1, 0.15) is 120 Å². The van der Waals surface area contributed by atoms with Crippen LogP contribution >= 0.6 is 0 Å². The number of esters is 1. The number of Topliss-reactive ketones (excluding diaryl/α,β-unsaturated/α-hetero) is 1. The van der Waals surface area contributed by atoms with E-state index in [-0.39, 0.29) is 69.7 Å². The van der Waals surface area contributed by atoms with E-state index in [4.69, 9.17) is 18.9 Å². The fourth-order valence-corrected chi connectivity index (χ4v) is 10.8. The Labute approximate surface area is 388 Å². The lowest BCUT2D eigenvalue weighted by Crippen LogP contribution is -2.52. The van der Waals surface area contributed by atoms with Gasteiger partial charge in [0.15, 0.2) is 5.75 Å². The molecule has 0 radical (unpaired) electrons. The molecule has 5 aliphatic heterocycles. The number of rotatable bonds is 5. The quantitative estimate of drug-likeness (QED) is 0.0741. The summed E-state index contributed by atoms with van der Waals surface area (Å²) in [4.78, 5) is 45.1. The Morgan fingerprint density at radius 2 is 1.55 bits per heavy atom. The topological polar surface area (TPSA) is 208 Å². The van der Waals surface area contributed by atoms with Gasteiger partial charge in [0.2, 0.25) is 11.7 Å². The number of aliphatic hydroxyl groups is 2. The molecule has 3 aromatic carbocycles. The standard InChI is InChI=1S/C51H72N4O11/c1-26(2)25-55-22-20-51(21-23-55)53-38-35-36-43(58)32(8)46-37(35)47(60)50(9,66-46)64-24-19-34(63-10)29(5)45(65-49(62)33-17-12-11-13-18-33)31(7)42(57)30(6)41(56)27(3)15-14-16-28(4)48(61)52-40(44(36)59)39(38)54-51/h11-13,17-18,26-31,34,41-42,45,53-54,56-59H,14-16,19-25H2,1-10H3,(H,52,61)/t27-,28+,29+,30+,31+,34-,41-,42+,45+,50-/m0/s1. The summed E-state index contributed by atoms with van der Waals surface area (Å²) in [6.07, 6.45) is -0.294. The van der Waals surface area contributed by atoms with Gasteiger partial charge in [-0.3, -0.25) is 9.59 Å². The molecular weight excluding hydrogens is 845 g/mol. The average molecular weight is 917 g/mol. The third kappa shape index (κ3) is 9.30. The Morgan fingerprint density at radius 3 is 2.20 bits per heavy atom. The van der Waals surface area contributed by atoms with Gasteiger partial charge in [0, 0.05) is 81.1 Å². The second-order valence-electron chi connectivity index (χ2n) is 20.3. The molecule has 15 nitrogen and oxygen atoms in total. The Balaban J connectivity index is 1.29. The number of anilines is 3. The van der Waals surface area contributed by atoms with E-state index < -0.39 is 71.3 Å². The van der Waals surface area contributed by atoms with Gasteiger partial charge in [-0.1, -0.05) is 73.1 Å². The van der Waals surface area contributed by atoms with Crippen molar-refractivity contribution < 1.29 is 53.8 Å². The first-order valence-electron chi connectivity index (χ1n) is 23.9. The number of benzene rings is 3. The van der Waals surface area contributed by atoms with Gasteiger partial charge in [-0.2, -0.15) is 0 Å². The van der Waals surface area contributed by atoms with Gasteiger partial charge in [0.05, 0.1) is 52.8 Å². The normalized spacial score (nSPS) is 31.1. The fraction of sp³-hybridized carbons (Fsp3) is 0.627. The van der Waals surface area contributed by atoms with Crippen molar-refractivity contribution in [2.45, 2.75) is 137 Å². The molecule has 1 saturated heterocycles. The van der Waals surface area contributed by atoms with Crippen molar-refractivity contribution in [3.8, 4) is 17.2 Å². The first-order chi connectivity index (χ1) is 31.2. The number of methoxy groups -OCH3 is 1. The molecule has 5 bridgehead atoms. The highest BCUT2D eigenvalue weighted by Crippen LogP contribution is 2.59. The van der Waals surface area contributed by atoms with E-state index in [0.717, 1.165) is 19.6 Å². The Kier molecular flexibility index (Phi) is 14.6. The summed E-state index contributed by atoms with van der Waals surface area (Å²) >= 11 is 0. The molecule has 5 heterocycles. The minimum atomic E-state index is -1.86. The third-order valence-corrected chi connectivity index (χ3v) is 15.0. The summed E-state index contributed by atoms with van der Waals surface area (Å²) in [5.41, 5.74) is 0.999. The zero-order chi connectivity index (χ0) is 48.0. The number of hydrogen-bond donors (Lipinski definition) is 7. The maximum absolute atomic E-state index is 14.9. The number of carbonyl (C=O) groups excluding carboxylic acids is 3. The number of phenols is 2. The molecule has 362 valence electrons. The first-order valence-corrected chi connectivity index (χ1v) is 23.9. The van der Waals surface area contributed by atoms with Crippen molar-refractivity contribution in [2.24, 2.45) is 35.5 Å². The van der Waals surface area contributed by atoms with Crippen molar-refractivity contribution >= 4 is 45.5 Å². The largest absolute Gasteiger partial charge is 0.507 e. The average Bonchev–Trinajstić information content (AvgIpc) is 3.79. The van der Waals surface area contributed by atoms with Gasteiger partial charge in [-0.15, -0.1) is 0 Å². The fourth-order valence-electron chi connectivity index (χ4n) is 10.8. The number of phenolic OH excluding ortho intramolecular Hbond substituents is 2. The van der Waals surface area contributed by atoms with Gasteiger partial charge < -0.3 is 60.2 Å². The summed E-state index contributed by atoms with van der Waals surface area (Å²) in [6, 6.07) is 8.61. The first kappa shape index (κ1) is 49.2. The van der Waals surface area contributed by atoms with E-state index in [1.165, 1.54) is 6.92 Å². The molecule has 3 aromatic rings. The smallest absolute Gasteiger partial charge is 0.338 e. The summed E-state index contributed by atoms with van der Waals surface area (Å²) in [7, 11) is 1.54. The van der Waals surface area contributed by atoms with Gasteiger partial charge >= 0.3 is 5.97 Å². The van der Waals surface area contributed by atoms with E-state index in [2.05, 4.69) is 34.7 Å². The number of ketones is 1. The minimum absolute atomic E-state index is 0.00445. The van der Waals surface area contributed by atoms with Crippen LogP contribution in [-0.2, 0) is 19.0 Å². The molecule has 10 atom stereocenters. The van der Waals surface area contributed by atoms with Gasteiger partial charge in [0.1, 0.15) is 29.0 Å². The number of hydrogen-bond acceptors (Lipinski definition) is 14. The molecule has 0 unspecified atom stereocenters. The van der Waals surface area contributed by atoms with Crippen LogP contribution in [0.3, 0.4) is 0 Å². The Hall–Kier alpha value is -4.67. The molecule has 0 aromatic heterocycles. The molecular formula is C51H72N4O11. The van der Waals surface area contributed by atoms with Crippen molar-refractivity contribution in [2.75, 3.05) is 49.3 Å². The number of nitrogens with one attached hydrogen (secondary N) is 3. The number of nitrogens with zero attached hydrogens (tertiary/aromatic N) is 1. The van der Waals surface area contributed by atoms with Gasteiger partial charge in [-0.25, -0.2) is 4.79 Å². The van der Waals surface area contributed by atoms with Crippen LogP contribution in [0.4, 0.5) is 17.1 Å². The lowest BCUT2D eigenvalue weighted by molar-refractivity contribution is -0.139. The van der Waals surface area contributed by atoms with Crippen LogP contribution in [0.2, 0.25) is 0 Å². The minimum Gasteiger partial charge on any atom is -0.507 e. The molecule has 7 N–H and O–H groups in total. The van der Waals surface area contributed by atoms with E-state index in [0.29, 0.717) is 55.0 Å². The number of aromatic hydroxyl groups is 2. The van der Waals surface area contributed by atoms with E-state index >= 15 is 0 Å². The zero-order valence-electron chi connectivity index (χ0n) is 40.3. The predicted molar refractivity (Wildman–Crippen MR) is 253 cm³/mol. The second-order valence-corrected chi connectivity index (χ2v) is 20.3. The summed E-state index contributed by atoms with van der Waals surface area (Å²) < 4.78 is 25.1. The van der Waals surface area contributed by atoms with Crippen LogP contribution in [0.5, 0.6) is 17.2 Å². The molecule has 5 aliphatic rings. The van der Waals surface area contributed by atoms with E-state index in [9.17, 15) is 34.8 Å². The monoisotopic (exact) mass is 917 g/mol. The highest BCUT2D eigenvalue weighted by Gasteiger charge is 2.51. The van der Waals surface area contributed by atoms with Gasteiger partial charge in [-0.05, 0) is 50.2 Å². The lowest BCUT2D eigenvalue weighted by Gasteiger charge is -2.40. The van der Waals surface area contributed by atoms with Crippen molar-refractivity contribution in [1.29, 1.82) is 0 Å². The molecule has 1 spiro atoms. The van der Waals surface area contributed by atoms with Crippen molar-refractivity contribution in [3.05, 3.63) is 47.0 Å². The third-order valence-electron chi connectivity index (χ3n) is 15.0. The molecule has 0 saturated carbocycles. The maximum atomic E-state index is 14.9. The number of ether oxygens (including phenoxy) is 4. The Morgan fingerprint density at radius 1 is 0.879 bits per heavy atom. The van der Waals surface area contributed by atoms with Crippen LogP contribution < -0.4 is 20.7 Å². The Bertz CT molecular complexity index is 2280. The summed E-state index contributed by atoms with van der Waals surface area (Å²) in [5.74, 6) is -5.90. The number of piperidine rings is 1. The molecule has 1 amide bonds. The lowest BCUT2D eigenvalue weighted by atomic mass is 9.77. The summed E-state index contributed by atoms with van der Waals surface area (Å²) in [6.45, 7) is 19.2. The maximum Gasteiger partial charge on any atom is 0.338 e. The summed E-state index contributed by atoms with van der Waals surface area (Å²) in [5, 5.41) is 58.4. The predicted octanol–water partition coefficient (Wildman–Crippen LogP) is 7.81. The number of amides is 1. The molecule has 8 rings (SSSR count). The molecule has 0 aliphatic carbocycles. The second kappa shape index (κ2) is 19.5. The van der Waals surface area contributed by atoms with Crippen molar-refractivity contribution in [3.63, 3.8) is 0 Å². The number of aliphatic hydroxyl groups excluding tert-OH is 2. The highest BCUT2D eigenvalue weighted by molar-refractivity contribution is 6.26. The molecule has 15 heteroatoms. The molecule has 1 fully saturated rings. The van der Waals surface area contributed by atoms with E-state index in [1.54, 1.807) is 65.1 Å². The van der Waals surface area contributed by atoms with Crippen molar-refractivity contribution in [1.82, 2.24) is 4.90 Å². The number of carbonyl (C=O) groups is 3. The SMILES string of the molecule is CO[C@H]1CCO[C@@]2(C)Oc3c(C)c(O)c4c(O)c(c5c(c4c3C2=O)NC2(CCN(CC(C)C)CC2)N5)NC(=O)[C@H](C)CCC[C@H](C)[C@H](O)[C@@H](C)[C@@H](O)[C@@H](C)[C@H](OC(=O)c2ccccc2)[C@@H]1C. The molecule has 66 heavy (non-hydrogen) atoms. The van der Waals surface area contributed by atoms with Crippen LogP contribution in [0, 0.1) is 42.4 Å². The van der Waals surface area contributed by atoms with Crippen LogP contribution in [0.25, 0.3) is 10.8 Å². The van der Waals surface area contributed by atoms with Crippen LogP contribution in [0.15, 0.2) is 30.3 Å².